The molecule has 0 fully saturated rings. The Morgan fingerprint density at radius 1 is 1.50 bits per heavy atom. The van der Waals surface area contributed by atoms with E-state index >= 15 is 0 Å². The standard InChI is InChI=1S/C12H10ClFN2OS/c1-6-10(7(2)17)12(18-16-6)15-11-8(13)4-3-5-9(11)14/h3-5,15H,1-2H3. The number of aryl methyl sites for hydroxylation is 1. The first-order valence-corrected chi connectivity index (χ1v) is 6.34. The molecule has 0 amide bonds. The van der Waals surface area contributed by atoms with Crippen LogP contribution in [0.4, 0.5) is 15.1 Å². The fourth-order valence-corrected chi connectivity index (χ4v) is 2.66. The number of Topliss-reactive ketones (excluding diaryl/α,β-unsaturated/α-hetero) is 1. The molecule has 2 rings (SSSR count). The average molecular weight is 285 g/mol. The Bertz CT molecular complexity index is 592. The number of benzene rings is 1. The van der Waals surface area contributed by atoms with Crippen molar-refractivity contribution in [1.29, 1.82) is 0 Å². The van der Waals surface area contributed by atoms with Crippen molar-refractivity contribution in [2.24, 2.45) is 0 Å². The molecule has 2 aromatic rings. The number of anilines is 2. The van der Waals surface area contributed by atoms with Crippen LogP contribution in [0.1, 0.15) is 23.0 Å². The number of nitrogens with one attached hydrogen (secondary N) is 1. The number of hydrogen-bond acceptors (Lipinski definition) is 4. The van der Waals surface area contributed by atoms with Crippen LogP contribution >= 0.6 is 23.1 Å². The number of para-hydroxylation sites is 1. The van der Waals surface area contributed by atoms with Crippen molar-refractivity contribution in [3.8, 4) is 0 Å². The van der Waals surface area contributed by atoms with Crippen molar-refractivity contribution < 1.29 is 9.18 Å². The lowest BCUT2D eigenvalue weighted by Gasteiger charge is -2.08. The van der Waals surface area contributed by atoms with Gasteiger partial charge >= 0.3 is 0 Å². The van der Waals surface area contributed by atoms with Gasteiger partial charge < -0.3 is 5.32 Å². The highest BCUT2D eigenvalue weighted by Gasteiger charge is 2.17. The molecule has 1 N–H and O–H groups in total. The van der Waals surface area contributed by atoms with E-state index in [1.165, 1.54) is 19.1 Å². The molecule has 1 aromatic carbocycles. The molecule has 0 radical (unpaired) electrons. The minimum atomic E-state index is -0.469. The van der Waals surface area contributed by atoms with Gasteiger partial charge in [0.05, 0.1) is 22.0 Å². The molecule has 0 saturated carbocycles. The van der Waals surface area contributed by atoms with E-state index in [0.29, 0.717) is 16.3 Å². The maximum Gasteiger partial charge on any atom is 0.164 e. The summed E-state index contributed by atoms with van der Waals surface area (Å²) in [5.74, 6) is -0.584. The molecule has 0 aliphatic rings. The minimum absolute atomic E-state index is 0.115. The fraction of sp³-hybridized carbons (Fsp3) is 0.167. The maximum absolute atomic E-state index is 13.6. The number of carbonyl (C=O) groups is 1. The molecule has 3 nitrogen and oxygen atoms in total. The van der Waals surface area contributed by atoms with E-state index in [-0.39, 0.29) is 16.5 Å². The summed E-state index contributed by atoms with van der Waals surface area (Å²) in [6.07, 6.45) is 0. The third-order valence-electron chi connectivity index (χ3n) is 2.42. The minimum Gasteiger partial charge on any atom is -0.342 e. The number of rotatable bonds is 3. The van der Waals surface area contributed by atoms with Crippen molar-refractivity contribution in [2.75, 3.05) is 5.32 Å². The van der Waals surface area contributed by atoms with E-state index in [2.05, 4.69) is 9.69 Å². The summed E-state index contributed by atoms with van der Waals surface area (Å²) < 4.78 is 17.7. The van der Waals surface area contributed by atoms with Crippen LogP contribution in [0, 0.1) is 12.7 Å². The number of ketones is 1. The second-order valence-corrected chi connectivity index (χ2v) is 4.93. The largest absolute Gasteiger partial charge is 0.342 e. The van der Waals surface area contributed by atoms with Gasteiger partial charge in [0.1, 0.15) is 10.8 Å². The molecule has 0 aliphatic heterocycles. The van der Waals surface area contributed by atoms with E-state index in [4.69, 9.17) is 11.6 Å². The number of halogens is 2. The van der Waals surface area contributed by atoms with Crippen LogP contribution in [0.5, 0.6) is 0 Å². The zero-order chi connectivity index (χ0) is 13.3. The topological polar surface area (TPSA) is 42.0 Å². The number of hydrogen-bond donors (Lipinski definition) is 1. The van der Waals surface area contributed by atoms with Gasteiger partial charge in [-0.2, -0.15) is 4.37 Å². The average Bonchev–Trinajstić information content (AvgIpc) is 2.65. The molecular formula is C12H10ClFN2OS. The van der Waals surface area contributed by atoms with Gasteiger partial charge in [-0.1, -0.05) is 17.7 Å². The Kier molecular flexibility index (Phi) is 3.63. The van der Waals surface area contributed by atoms with E-state index < -0.39 is 5.82 Å². The SMILES string of the molecule is CC(=O)c1c(C)nsc1Nc1c(F)cccc1Cl. The third-order valence-corrected chi connectivity index (χ3v) is 3.58. The van der Waals surface area contributed by atoms with Gasteiger partial charge in [0.25, 0.3) is 0 Å². The molecule has 0 unspecified atom stereocenters. The van der Waals surface area contributed by atoms with E-state index in [9.17, 15) is 9.18 Å². The number of aromatic nitrogens is 1. The van der Waals surface area contributed by atoms with E-state index in [0.717, 1.165) is 11.5 Å². The van der Waals surface area contributed by atoms with Gasteiger partial charge in [0.15, 0.2) is 5.78 Å². The first-order chi connectivity index (χ1) is 8.50. The van der Waals surface area contributed by atoms with Gasteiger partial charge in [-0.05, 0) is 37.5 Å². The zero-order valence-corrected chi connectivity index (χ0v) is 11.3. The van der Waals surface area contributed by atoms with Crippen molar-refractivity contribution in [3.63, 3.8) is 0 Å². The first-order valence-electron chi connectivity index (χ1n) is 5.19. The molecule has 0 bridgehead atoms. The molecule has 1 aromatic heterocycles. The van der Waals surface area contributed by atoms with Crippen LogP contribution in [0.3, 0.4) is 0 Å². The molecular weight excluding hydrogens is 275 g/mol. The molecule has 6 heteroatoms. The first kappa shape index (κ1) is 13.0. The Balaban J connectivity index is 2.44. The lowest BCUT2D eigenvalue weighted by atomic mass is 10.2. The van der Waals surface area contributed by atoms with Gasteiger partial charge in [-0.3, -0.25) is 4.79 Å². The monoisotopic (exact) mass is 284 g/mol. The second kappa shape index (κ2) is 5.04. The van der Waals surface area contributed by atoms with Gasteiger partial charge in [0.2, 0.25) is 0 Å². The van der Waals surface area contributed by atoms with Crippen LogP contribution in [0.25, 0.3) is 0 Å². The van der Waals surface area contributed by atoms with Crippen molar-refractivity contribution >= 4 is 39.6 Å². The molecule has 0 saturated heterocycles. The Hall–Kier alpha value is -1.46. The van der Waals surface area contributed by atoms with Gasteiger partial charge in [-0.15, -0.1) is 0 Å². The predicted molar refractivity (Wildman–Crippen MR) is 71.5 cm³/mol. The van der Waals surface area contributed by atoms with Crippen molar-refractivity contribution in [1.82, 2.24) is 4.37 Å². The molecule has 18 heavy (non-hydrogen) atoms. The summed E-state index contributed by atoms with van der Waals surface area (Å²) in [5.41, 5.74) is 1.26. The summed E-state index contributed by atoms with van der Waals surface area (Å²) in [5, 5.41) is 3.61. The normalized spacial score (nSPS) is 10.4. The van der Waals surface area contributed by atoms with Crippen molar-refractivity contribution in [3.05, 3.63) is 40.3 Å². The lowest BCUT2D eigenvalue weighted by Crippen LogP contribution is -2.00. The zero-order valence-electron chi connectivity index (χ0n) is 9.75. The summed E-state index contributed by atoms with van der Waals surface area (Å²) in [4.78, 5) is 11.5. The van der Waals surface area contributed by atoms with Crippen molar-refractivity contribution in [2.45, 2.75) is 13.8 Å². The molecule has 0 aliphatic carbocycles. The van der Waals surface area contributed by atoms with E-state index in [1.807, 2.05) is 0 Å². The van der Waals surface area contributed by atoms with Crippen LogP contribution in [0.2, 0.25) is 5.02 Å². The highest BCUT2D eigenvalue weighted by atomic mass is 35.5. The Morgan fingerprint density at radius 2 is 2.22 bits per heavy atom. The van der Waals surface area contributed by atoms with Crippen LogP contribution in [-0.2, 0) is 0 Å². The predicted octanol–water partition coefficient (Wildman–Crippen LogP) is 4.19. The Labute approximate surface area is 113 Å². The smallest absolute Gasteiger partial charge is 0.164 e. The number of carbonyl (C=O) groups excluding carboxylic acids is 1. The van der Waals surface area contributed by atoms with Crippen LogP contribution in [0.15, 0.2) is 18.2 Å². The van der Waals surface area contributed by atoms with Crippen LogP contribution < -0.4 is 5.32 Å². The summed E-state index contributed by atoms with van der Waals surface area (Å²) in [7, 11) is 0. The molecule has 1 heterocycles. The van der Waals surface area contributed by atoms with Crippen LogP contribution in [-0.4, -0.2) is 10.2 Å². The second-order valence-electron chi connectivity index (χ2n) is 3.75. The molecule has 0 atom stereocenters. The van der Waals surface area contributed by atoms with Gasteiger partial charge in [0, 0.05) is 0 Å². The Morgan fingerprint density at radius 3 is 2.83 bits per heavy atom. The highest BCUT2D eigenvalue weighted by molar-refractivity contribution is 7.10. The fourth-order valence-electron chi connectivity index (χ4n) is 1.60. The number of nitrogens with zero attached hydrogens (tertiary/aromatic N) is 1. The lowest BCUT2D eigenvalue weighted by molar-refractivity contribution is 0.101. The highest BCUT2D eigenvalue weighted by Crippen LogP contribution is 2.33. The maximum atomic E-state index is 13.6. The van der Waals surface area contributed by atoms with Gasteiger partial charge in [-0.25, -0.2) is 4.39 Å². The summed E-state index contributed by atoms with van der Waals surface area (Å²) >= 11 is 7.02. The molecule has 0 spiro atoms. The van der Waals surface area contributed by atoms with E-state index in [1.54, 1.807) is 13.0 Å². The third kappa shape index (κ3) is 2.37. The summed E-state index contributed by atoms with van der Waals surface area (Å²) in [6.45, 7) is 3.19. The summed E-state index contributed by atoms with van der Waals surface area (Å²) in [6, 6.07) is 4.40. The molecule has 94 valence electrons. The quantitative estimate of drug-likeness (QED) is 0.859.